The maximum Gasteiger partial charge on any atom is 0.241 e. The minimum Gasteiger partial charge on any atom is -0.284 e. The lowest BCUT2D eigenvalue weighted by atomic mass is 10.4. The average Bonchev–Trinajstić information content (AvgIpc) is 1.91. The van der Waals surface area contributed by atoms with Gasteiger partial charge < -0.3 is 0 Å². The molecule has 1 heterocycles. The van der Waals surface area contributed by atoms with Gasteiger partial charge in [0.05, 0.1) is 6.21 Å². The lowest BCUT2D eigenvalue weighted by Gasteiger charge is -1.81. The first-order valence-corrected chi connectivity index (χ1v) is 1.72. The largest absolute Gasteiger partial charge is 0.284 e. The molecule has 0 bridgehead atoms. The van der Waals surface area contributed by atoms with Crippen LogP contribution >= 0.6 is 0 Å². The number of Topliss-reactive ketones (excluding diaryl/α,β-unsaturated/α-hetero) is 1. The van der Waals surface area contributed by atoms with Gasteiger partial charge in [-0.25, -0.2) is 0 Å². The van der Waals surface area contributed by atoms with Gasteiger partial charge in [0, 0.05) is 0 Å². The van der Waals surface area contributed by atoms with Crippen LogP contribution in [0.2, 0.25) is 0 Å². The maximum absolute atomic E-state index is 10.1. The van der Waals surface area contributed by atoms with Gasteiger partial charge in [-0.15, -0.1) is 0 Å². The van der Waals surface area contributed by atoms with Crippen molar-refractivity contribution in [3.05, 3.63) is 0 Å². The molecule has 0 atom stereocenters. The molecule has 36 valence electrons. The number of hydrogen-bond acceptors (Lipinski definition) is 3. The van der Waals surface area contributed by atoms with Crippen LogP contribution in [0, 0.1) is 5.41 Å². The van der Waals surface area contributed by atoms with Crippen LogP contribution in [-0.4, -0.2) is 17.8 Å². The predicted molar refractivity (Wildman–Crippen MR) is 24.4 cm³/mol. The minimum atomic E-state index is -0.361. The Labute approximate surface area is 39.7 Å². The van der Waals surface area contributed by atoms with Crippen LogP contribution in [0.5, 0.6) is 0 Å². The first-order chi connectivity index (χ1) is 3.30. The summed E-state index contributed by atoms with van der Waals surface area (Å²) in [6, 6.07) is 0. The summed E-state index contributed by atoms with van der Waals surface area (Å²) in [5.41, 5.74) is 2.17. The van der Waals surface area contributed by atoms with Crippen LogP contribution in [0.4, 0.5) is 0 Å². The summed E-state index contributed by atoms with van der Waals surface area (Å²) in [4.78, 5) is 10.1. The molecule has 7 heavy (non-hydrogen) atoms. The molecule has 0 saturated heterocycles. The monoisotopic (exact) mass is 97.0 g/mol. The van der Waals surface area contributed by atoms with Crippen LogP contribution in [0.3, 0.4) is 0 Å². The van der Waals surface area contributed by atoms with E-state index >= 15 is 0 Å². The van der Waals surface area contributed by atoms with E-state index in [2.05, 4.69) is 10.5 Å². The van der Waals surface area contributed by atoms with Gasteiger partial charge in [-0.1, -0.05) is 0 Å². The van der Waals surface area contributed by atoms with Crippen molar-refractivity contribution >= 4 is 17.8 Å². The smallest absolute Gasteiger partial charge is 0.241 e. The number of hydrogen-bond donors (Lipinski definition) is 2. The number of rotatable bonds is 0. The van der Waals surface area contributed by atoms with E-state index in [1.807, 2.05) is 0 Å². The minimum absolute atomic E-state index is 0.153. The molecule has 0 spiro atoms. The molecule has 1 aliphatic heterocycles. The fourth-order valence-corrected chi connectivity index (χ4v) is 0.275. The van der Waals surface area contributed by atoms with Gasteiger partial charge in [0.15, 0.2) is 5.84 Å². The average molecular weight is 97.1 g/mol. The van der Waals surface area contributed by atoms with E-state index in [4.69, 9.17) is 5.41 Å². The fraction of sp³-hybridized carbons (Fsp3) is 0. The highest BCUT2D eigenvalue weighted by Gasteiger charge is 2.09. The molecule has 0 fully saturated rings. The standard InChI is InChI=1S/C3H3N3O/c4-3-2(7)1-5-6-3/h1H,(H2,4,6,7). The summed E-state index contributed by atoms with van der Waals surface area (Å²) in [7, 11) is 0. The lowest BCUT2D eigenvalue weighted by molar-refractivity contribution is -0.107. The Bertz CT molecular complexity index is 148. The van der Waals surface area contributed by atoms with Crippen molar-refractivity contribution in [1.29, 1.82) is 5.41 Å². The van der Waals surface area contributed by atoms with E-state index in [-0.39, 0.29) is 11.6 Å². The zero-order chi connectivity index (χ0) is 5.28. The number of ketones is 1. The van der Waals surface area contributed by atoms with E-state index in [0.717, 1.165) is 6.21 Å². The summed E-state index contributed by atoms with van der Waals surface area (Å²) in [5, 5.41) is 9.97. The lowest BCUT2D eigenvalue weighted by Crippen LogP contribution is -2.17. The van der Waals surface area contributed by atoms with E-state index in [0.29, 0.717) is 0 Å². The third-order valence-corrected chi connectivity index (χ3v) is 0.605. The first-order valence-electron chi connectivity index (χ1n) is 1.72. The molecule has 4 nitrogen and oxygen atoms in total. The van der Waals surface area contributed by atoms with Crippen molar-refractivity contribution in [2.24, 2.45) is 5.10 Å². The van der Waals surface area contributed by atoms with Crippen molar-refractivity contribution in [2.45, 2.75) is 0 Å². The molecule has 2 N–H and O–H groups in total. The second-order valence-electron chi connectivity index (χ2n) is 1.11. The second kappa shape index (κ2) is 1.14. The van der Waals surface area contributed by atoms with Crippen LogP contribution in [0.15, 0.2) is 5.10 Å². The zero-order valence-corrected chi connectivity index (χ0v) is 3.43. The number of carbonyl (C=O) groups is 1. The topological polar surface area (TPSA) is 65.3 Å². The van der Waals surface area contributed by atoms with Crippen molar-refractivity contribution in [2.75, 3.05) is 0 Å². The molecule has 0 aliphatic carbocycles. The molecule has 0 aromatic rings. The number of amidine groups is 1. The Hall–Kier alpha value is -1.19. The quantitative estimate of drug-likeness (QED) is 0.412. The number of nitrogens with one attached hydrogen (secondary N) is 2. The van der Waals surface area contributed by atoms with E-state index < -0.39 is 0 Å². The number of carbonyl (C=O) groups excluding carboxylic acids is 1. The Morgan fingerprint density at radius 3 is 2.71 bits per heavy atom. The summed E-state index contributed by atoms with van der Waals surface area (Å²) in [6.07, 6.45) is 1.07. The molecule has 0 unspecified atom stereocenters. The van der Waals surface area contributed by atoms with Gasteiger partial charge >= 0.3 is 0 Å². The number of hydrazone groups is 1. The van der Waals surface area contributed by atoms with Crippen molar-refractivity contribution in [3.8, 4) is 0 Å². The van der Waals surface area contributed by atoms with E-state index in [1.165, 1.54) is 0 Å². The molecule has 4 heteroatoms. The molecule has 1 rings (SSSR count). The third-order valence-electron chi connectivity index (χ3n) is 0.605. The summed E-state index contributed by atoms with van der Waals surface area (Å²) in [5.74, 6) is -0.514. The molecule has 1 aliphatic rings. The highest BCUT2D eigenvalue weighted by Crippen LogP contribution is 1.76. The van der Waals surface area contributed by atoms with Crippen LogP contribution in [0.1, 0.15) is 0 Å². The van der Waals surface area contributed by atoms with E-state index in [1.54, 1.807) is 0 Å². The second-order valence-corrected chi connectivity index (χ2v) is 1.11. The summed E-state index contributed by atoms with van der Waals surface area (Å²) < 4.78 is 0. The van der Waals surface area contributed by atoms with Gasteiger partial charge in [0.25, 0.3) is 0 Å². The third kappa shape index (κ3) is 0.489. The molecule has 0 amide bonds. The Kier molecular flexibility index (Phi) is 0.651. The van der Waals surface area contributed by atoms with Gasteiger partial charge in [-0.3, -0.25) is 15.6 Å². The Morgan fingerprint density at radius 2 is 2.57 bits per heavy atom. The normalized spacial score (nSPS) is 17.7. The van der Waals surface area contributed by atoms with Gasteiger partial charge in [-0.2, -0.15) is 5.10 Å². The molecule has 0 aromatic carbocycles. The van der Waals surface area contributed by atoms with E-state index in [9.17, 15) is 4.79 Å². The van der Waals surface area contributed by atoms with Crippen molar-refractivity contribution < 1.29 is 4.79 Å². The van der Waals surface area contributed by atoms with Crippen molar-refractivity contribution in [1.82, 2.24) is 5.43 Å². The van der Waals surface area contributed by atoms with Crippen LogP contribution < -0.4 is 5.43 Å². The molecular formula is C3H3N3O. The van der Waals surface area contributed by atoms with Crippen LogP contribution in [0.25, 0.3) is 0 Å². The van der Waals surface area contributed by atoms with Gasteiger partial charge in [0.2, 0.25) is 5.78 Å². The molecule has 0 aromatic heterocycles. The zero-order valence-electron chi connectivity index (χ0n) is 3.43. The Balaban J connectivity index is 2.81. The fourth-order valence-electron chi connectivity index (χ4n) is 0.275. The van der Waals surface area contributed by atoms with Crippen molar-refractivity contribution in [3.63, 3.8) is 0 Å². The number of nitrogens with zero attached hydrogens (tertiary/aromatic N) is 1. The highest BCUT2D eigenvalue weighted by atomic mass is 16.1. The summed E-state index contributed by atoms with van der Waals surface area (Å²) >= 11 is 0. The molecular weight excluding hydrogens is 94.1 g/mol. The maximum atomic E-state index is 10.1. The first kappa shape index (κ1) is 3.98. The SMILES string of the molecule is N=C1NN=CC1=O. The Morgan fingerprint density at radius 1 is 1.86 bits per heavy atom. The highest BCUT2D eigenvalue weighted by molar-refractivity contribution is 6.61. The summed E-state index contributed by atoms with van der Waals surface area (Å²) in [6.45, 7) is 0. The molecule has 0 saturated carbocycles. The van der Waals surface area contributed by atoms with Crippen LogP contribution in [-0.2, 0) is 4.79 Å². The van der Waals surface area contributed by atoms with Gasteiger partial charge in [0.1, 0.15) is 0 Å². The predicted octanol–water partition coefficient (Wildman–Crippen LogP) is -0.878. The van der Waals surface area contributed by atoms with Gasteiger partial charge in [-0.05, 0) is 0 Å². The molecule has 0 radical (unpaired) electrons.